The summed E-state index contributed by atoms with van der Waals surface area (Å²) in [5.74, 6) is 3.21. The van der Waals surface area contributed by atoms with Crippen LogP contribution >= 0.6 is 11.8 Å². The van der Waals surface area contributed by atoms with Crippen molar-refractivity contribution in [2.75, 3.05) is 15.6 Å². The highest BCUT2D eigenvalue weighted by molar-refractivity contribution is 7.99. The summed E-state index contributed by atoms with van der Waals surface area (Å²) >= 11 is 1.73. The molecule has 0 amide bonds. The molecule has 0 unspecified atom stereocenters. The molecule has 0 N–H and O–H groups in total. The lowest BCUT2D eigenvalue weighted by Gasteiger charge is -2.26. The first-order valence-electron chi connectivity index (χ1n) is 21.2. The van der Waals surface area contributed by atoms with Gasteiger partial charge < -0.3 is 4.90 Å². The van der Waals surface area contributed by atoms with Crippen LogP contribution in [0.5, 0.6) is 0 Å². The van der Waals surface area contributed by atoms with Crippen molar-refractivity contribution in [1.29, 1.82) is 0 Å². The van der Waals surface area contributed by atoms with Crippen LogP contribution in [0.4, 0.5) is 29.0 Å². The van der Waals surface area contributed by atoms with Crippen molar-refractivity contribution in [3.63, 3.8) is 0 Å². The van der Waals surface area contributed by atoms with Gasteiger partial charge in [0, 0.05) is 55.7 Å². The largest absolute Gasteiger partial charge is 0.310 e. The first kappa shape index (κ1) is 42.1. The third-order valence-corrected chi connectivity index (χ3v) is 11.5. The molecule has 0 saturated carbocycles. The number of nitrogens with zero attached hydrogens (tertiary/aromatic N) is 8. The molecule has 0 radical (unpaired) electrons. The van der Waals surface area contributed by atoms with Crippen molar-refractivity contribution in [1.82, 2.24) is 29.9 Å². The molecule has 0 bridgehead atoms. The standard InChI is InChI=1S/C56H44N8S/c1-4-21-41(22-5-2)51-57-52(42-23-11-6-12-24-42)60-55(59-51)64(56-61-53(43-25-13-7-14-26-43)58-54(62-56)44-27-15-8-16-28-44)47-34-33-40(3)49-36-35-48(39-50(49)65-38-37-47)63(45-29-17-9-18-30-45)46-31-19-10-20-32-46/h4-37,39H,1,3,38H2,2H3/b22-5-,34-33-,41-21+,47-37+. The first-order chi connectivity index (χ1) is 32.1. The van der Waals surface area contributed by atoms with Gasteiger partial charge in [0.05, 0.1) is 0 Å². The molecule has 1 aliphatic heterocycles. The van der Waals surface area contributed by atoms with Crippen LogP contribution in [0.1, 0.15) is 18.3 Å². The molecular formula is C56H44N8S. The van der Waals surface area contributed by atoms with E-state index in [1.54, 1.807) is 17.8 Å². The highest BCUT2D eigenvalue weighted by atomic mass is 32.2. The Bertz CT molecular complexity index is 2980. The van der Waals surface area contributed by atoms with Crippen molar-refractivity contribution in [2.45, 2.75) is 11.8 Å². The number of hydrogen-bond acceptors (Lipinski definition) is 9. The molecule has 3 heterocycles. The normalized spacial score (nSPS) is 14.0. The molecular weight excluding hydrogens is 817 g/mol. The maximum absolute atomic E-state index is 5.20. The van der Waals surface area contributed by atoms with Crippen LogP contribution in [0.25, 0.3) is 45.3 Å². The highest BCUT2D eigenvalue weighted by Crippen LogP contribution is 2.40. The molecule has 0 atom stereocenters. The number of aromatic nitrogens is 6. The number of hydrogen-bond donors (Lipinski definition) is 0. The van der Waals surface area contributed by atoms with Gasteiger partial charge >= 0.3 is 0 Å². The fraction of sp³-hybridized carbons (Fsp3) is 0.0357. The van der Waals surface area contributed by atoms with Crippen molar-refractivity contribution in [3.05, 3.63) is 243 Å². The van der Waals surface area contributed by atoms with E-state index in [1.165, 1.54) is 0 Å². The lowest BCUT2D eigenvalue weighted by atomic mass is 10.0. The zero-order valence-corrected chi connectivity index (χ0v) is 36.6. The van der Waals surface area contributed by atoms with Gasteiger partial charge in [0.25, 0.3) is 0 Å². The van der Waals surface area contributed by atoms with Crippen LogP contribution in [-0.2, 0) is 0 Å². The minimum atomic E-state index is 0.324. The van der Waals surface area contributed by atoms with E-state index in [4.69, 9.17) is 29.9 Å². The minimum absolute atomic E-state index is 0.324. The van der Waals surface area contributed by atoms with Crippen LogP contribution < -0.4 is 9.80 Å². The Balaban J connectivity index is 1.23. The zero-order valence-electron chi connectivity index (χ0n) is 35.8. The van der Waals surface area contributed by atoms with Gasteiger partial charge in [-0.3, -0.25) is 0 Å². The maximum Gasteiger partial charge on any atom is 0.241 e. The van der Waals surface area contributed by atoms with Gasteiger partial charge in [0.15, 0.2) is 23.3 Å². The van der Waals surface area contributed by atoms with Crippen LogP contribution in [0.2, 0.25) is 0 Å². The molecule has 8 aromatic rings. The number of rotatable bonds is 12. The van der Waals surface area contributed by atoms with E-state index in [-0.39, 0.29) is 0 Å². The van der Waals surface area contributed by atoms with Crippen molar-refractivity contribution >= 4 is 51.9 Å². The summed E-state index contributed by atoms with van der Waals surface area (Å²) in [6.45, 7) is 10.6. The Morgan fingerprint density at radius 3 is 1.58 bits per heavy atom. The Morgan fingerprint density at radius 2 is 1.06 bits per heavy atom. The first-order valence-corrected chi connectivity index (χ1v) is 22.2. The molecule has 314 valence electrons. The second-order valence-corrected chi connectivity index (χ2v) is 15.9. The van der Waals surface area contributed by atoms with E-state index in [9.17, 15) is 0 Å². The van der Waals surface area contributed by atoms with Gasteiger partial charge in [-0.1, -0.05) is 177 Å². The van der Waals surface area contributed by atoms with Crippen molar-refractivity contribution < 1.29 is 0 Å². The third-order valence-electron chi connectivity index (χ3n) is 10.5. The summed E-state index contributed by atoms with van der Waals surface area (Å²) in [6, 6.07) is 57.2. The van der Waals surface area contributed by atoms with Crippen LogP contribution in [0, 0.1) is 0 Å². The smallest absolute Gasteiger partial charge is 0.241 e. The quantitative estimate of drug-likeness (QED) is 0.112. The number of benzene rings is 6. The monoisotopic (exact) mass is 860 g/mol. The molecule has 8 nitrogen and oxygen atoms in total. The summed E-state index contributed by atoms with van der Waals surface area (Å²) in [4.78, 5) is 36.1. The Morgan fingerprint density at radius 1 is 0.554 bits per heavy atom. The summed E-state index contributed by atoms with van der Waals surface area (Å²) in [7, 11) is 0. The average molecular weight is 861 g/mol. The lowest BCUT2D eigenvalue weighted by Crippen LogP contribution is -2.23. The minimum Gasteiger partial charge on any atom is -0.310 e. The van der Waals surface area contributed by atoms with E-state index < -0.39 is 0 Å². The topological polar surface area (TPSA) is 83.8 Å². The van der Waals surface area contributed by atoms with E-state index in [0.29, 0.717) is 40.9 Å². The predicted molar refractivity (Wildman–Crippen MR) is 269 cm³/mol. The van der Waals surface area contributed by atoms with E-state index in [0.717, 1.165) is 61.1 Å². The maximum atomic E-state index is 5.20. The molecule has 6 aromatic carbocycles. The molecule has 65 heavy (non-hydrogen) atoms. The summed E-state index contributed by atoms with van der Waals surface area (Å²) in [6.07, 6.45) is 13.8. The Kier molecular flexibility index (Phi) is 12.8. The SMILES string of the molecule is C=C/C=C(\C=C/C)c1nc(-c2ccccc2)nc(N(C2=C/CSc3cc(N(c4ccccc4)c4ccccc4)ccc3C(=C)/C=C\2)c2nc(-c3ccccc3)nc(-c3ccccc3)n2)n1. The number of para-hydroxylation sites is 2. The van der Waals surface area contributed by atoms with Crippen molar-refractivity contribution in [3.8, 4) is 34.2 Å². The number of fused-ring (bicyclic) bond motifs is 1. The average Bonchev–Trinajstić information content (AvgIpc) is 3.44. The van der Waals surface area contributed by atoms with Gasteiger partial charge in [0.2, 0.25) is 11.9 Å². The lowest BCUT2D eigenvalue weighted by molar-refractivity contribution is 0.930. The molecule has 9 heteroatoms. The molecule has 9 rings (SSSR count). The Labute approximate surface area is 384 Å². The van der Waals surface area contributed by atoms with E-state index >= 15 is 0 Å². The fourth-order valence-electron chi connectivity index (χ4n) is 7.40. The molecule has 2 aromatic heterocycles. The van der Waals surface area contributed by atoms with Crippen LogP contribution in [0.3, 0.4) is 0 Å². The summed E-state index contributed by atoms with van der Waals surface area (Å²) in [5.41, 5.74) is 9.07. The Hall–Kier alpha value is -8.27. The third kappa shape index (κ3) is 9.56. The van der Waals surface area contributed by atoms with Gasteiger partial charge in [-0.15, -0.1) is 11.8 Å². The summed E-state index contributed by atoms with van der Waals surface area (Å²) < 4.78 is 0. The van der Waals surface area contributed by atoms with Crippen LogP contribution in [0.15, 0.2) is 236 Å². The number of anilines is 5. The molecule has 1 aliphatic rings. The van der Waals surface area contributed by atoms with Crippen molar-refractivity contribution in [2.24, 2.45) is 0 Å². The molecule has 0 spiro atoms. The molecule has 0 saturated heterocycles. The second-order valence-electron chi connectivity index (χ2n) is 14.8. The second kappa shape index (κ2) is 19.8. The van der Waals surface area contributed by atoms with Crippen LogP contribution in [-0.4, -0.2) is 35.7 Å². The van der Waals surface area contributed by atoms with Gasteiger partial charge in [0.1, 0.15) is 0 Å². The van der Waals surface area contributed by atoms with Gasteiger partial charge in [-0.25, -0.2) is 14.9 Å². The molecule has 0 fully saturated rings. The van der Waals surface area contributed by atoms with E-state index in [2.05, 4.69) is 90.9 Å². The van der Waals surface area contributed by atoms with Gasteiger partial charge in [-0.2, -0.15) is 19.9 Å². The predicted octanol–water partition coefficient (Wildman–Crippen LogP) is 14.1. The zero-order chi connectivity index (χ0) is 44.4. The summed E-state index contributed by atoms with van der Waals surface area (Å²) in [5, 5.41) is 0. The molecule has 0 aliphatic carbocycles. The number of allylic oxidation sites excluding steroid dienone is 8. The highest BCUT2D eigenvalue weighted by Gasteiger charge is 2.26. The van der Waals surface area contributed by atoms with E-state index in [1.807, 2.05) is 145 Å². The number of thioether (sulfide) groups is 1. The van der Waals surface area contributed by atoms with Gasteiger partial charge in [-0.05, 0) is 66.6 Å². The fourth-order valence-corrected chi connectivity index (χ4v) is 8.39.